The van der Waals surface area contributed by atoms with Crippen molar-refractivity contribution in [3.63, 3.8) is 0 Å². The molecule has 9 heteroatoms. The fraction of sp³-hybridized carbons (Fsp3) is 0.706. The van der Waals surface area contributed by atoms with Gasteiger partial charge in [0.1, 0.15) is 6.10 Å². The molecular formula is C51H90NO7P. The second kappa shape index (κ2) is 47.7. The van der Waals surface area contributed by atoms with E-state index >= 15 is 0 Å². The monoisotopic (exact) mass is 860 g/mol. The van der Waals surface area contributed by atoms with E-state index < -0.39 is 13.9 Å². The third-order valence-electron chi connectivity index (χ3n) is 9.81. The number of carbonyl (C=O) groups excluding carboxylic acids is 1. The first-order chi connectivity index (χ1) is 29.4. The molecule has 0 aromatic rings. The van der Waals surface area contributed by atoms with E-state index in [0.29, 0.717) is 13.0 Å². The summed E-state index contributed by atoms with van der Waals surface area (Å²) >= 11 is 0. The summed E-state index contributed by atoms with van der Waals surface area (Å²) in [5.74, 6) is -0.350. The fourth-order valence-corrected chi connectivity index (χ4v) is 7.12. The minimum atomic E-state index is -4.29. The largest absolute Gasteiger partial charge is 0.472 e. The number of nitrogens with two attached hydrogens (primary N) is 1. The van der Waals surface area contributed by atoms with Crippen LogP contribution in [0.25, 0.3) is 0 Å². The highest BCUT2D eigenvalue weighted by molar-refractivity contribution is 7.47. The zero-order valence-electron chi connectivity index (χ0n) is 38.4. The number of phosphoric acid groups is 1. The maximum atomic E-state index is 12.6. The Balaban J connectivity index is 3.95. The molecule has 0 saturated carbocycles. The average Bonchev–Trinajstić information content (AvgIpc) is 3.24. The predicted octanol–water partition coefficient (Wildman–Crippen LogP) is 14.9. The van der Waals surface area contributed by atoms with Gasteiger partial charge in [0, 0.05) is 19.6 Å². The summed E-state index contributed by atoms with van der Waals surface area (Å²) in [7, 11) is -4.29. The van der Waals surface area contributed by atoms with Gasteiger partial charge >= 0.3 is 13.8 Å². The minimum absolute atomic E-state index is 0.0934. The Morgan fingerprint density at radius 3 is 1.32 bits per heavy atom. The molecular weight excluding hydrogens is 770 g/mol. The number of rotatable bonds is 45. The first-order valence-electron chi connectivity index (χ1n) is 24.1. The zero-order valence-corrected chi connectivity index (χ0v) is 39.3. The van der Waals surface area contributed by atoms with Crippen LogP contribution in [0.2, 0.25) is 0 Å². The smallest absolute Gasteiger partial charge is 0.457 e. The van der Waals surface area contributed by atoms with Crippen LogP contribution in [0.4, 0.5) is 0 Å². The van der Waals surface area contributed by atoms with E-state index in [2.05, 4.69) is 98.9 Å². The van der Waals surface area contributed by atoms with Gasteiger partial charge in [-0.3, -0.25) is 13.8 Å². The lowest BCUT2D eigenvalue weighted by molar-refractivity contribution is -0.154. The Labute approximate surface area is 368 Å². The maximum absolute atomic E-state index is 12.6. The highest BCUT2D eigenvalue weighted by atomic mass is 31.2. The summed E-state index contributed by atoms with van der Waals surface area (Å²) in [6, 6.07) is 0. The van der Waals surface area contributed by atoms with E-state index in [1.807, 2.05) is 0 Å². The maximum Gasteiger partial charge on any atom is 0.472 e. The molecule has 8 nitrogen and oxygen atoms in total. The zero-order chi connectivity index (χ0) is 43.7. The Kier molecular flexibility index (Phi) is 45.9. The Bertz CT molecular complexity index is 1190. The molecule has 0 saturated heterocycles. The van der Waals surface area contributed by atoms with Crippen molar-refractivity contribution in [1.82, 2.24) is 0 Å². The average molecular weight is 860 g/mol. The van der Waals surface area contributed by atoms with Gasteiger partial charge in [-0.05, 0) is 83.5 Å². The highest BCUT2D eigenvalue weighted by Gasteiger charge is 2.25. The summed E-state index contributed by atoms with van der Waals surface area (Å²) in [5, 5.41) is 0. The van der Waals surface area contributed by atoms with E-state index in [-0.39, 0.29) is 32.3 Å². The third-order valence-corrected chi connectivity index (χ3v) is 10.8. The Morgan fingerprint density at radius 1 is 0.500 bits per heavy atom. The van der Waals surface area contributed by atoms with E-state index in [0.717, 1.165) is 96.3 Å². The van der Waals surface area contributed by atoms with Gasteiger partial charge in [0.2, 0.25) is 0 Å². The fourth-order valence-electron chi connectivity index (χ4n) is 6.36. The standard InChI is InChI=1S/C51H90NO7P/c1-3-5-7-9-11-13-15-17-19-20-21-22-23-24-25-26-27-28-29-31-33-35-37-39-41-43-46-56-48-50(49-58-60(54,55)57-47-45-52)59-51(53)44-42-40-38-36-34-32-30-18-16-14-12-10-8-6-4-2/h5-8,11-14,17-19,21-22,30,50H,3-4,9-10,15-16,20,23-29,31-49,52H2,1-2H3,(H,54,55)/b7-5-,8-6-,13-11-,14-12-,19-17-,22-21-,30-18-. The van der Waals surface area contributed by atoms with Crippen LogP contribution in [0.3, 0.4) is 0 Å². The lowest BCUT2D eigenvalue weighted by Crippen LogP contribution is -2.28. The number of allylic oxidation sites excluding steroid dienone is 14. The SMILES string of the molecule is CC/C=C\C/C=C\C/C=C\C/C=C\CCCCCCCCCCCCCCCOCC(COP(=O)(O)OCCN)OC(=O)CCCCCCC/C=C\C/C=C\C/C=C\CC. The molecule has 0 aromatic heterocycles. The predicted molar refractivity (Wildman–Crippen MR) is 256 cm³/mol. The van der Waals surface area contributed by atoms with Crippen molar-refractivity contribution in [2.75, 3.05) is 33.0 Å². The van der Waals surface area contributed by atoms with Gasteiger partial charge in [-0.2, -0.15) is 0 Å². The summed E-state index contributed by atoms with van der Waals surface area (Å²) < 4.78 is 33.5. The second-order valence-electron chi connectivity index (χ2n) is 15.6. The van der Waals surface area contributed by atoms with E-state index in [1.165, 1.54) is 77.0 Å². The molecule has 3 N–H and O–H groups in total. The number of phosphoric ester groups is 1. The van der Waals surface area contributed by atoms with Crippen molar-refractivity contribution >= 4 is 13.8 Å². The van der Waals surface area contributed by atoms with E-state index in [1.54, 1.807) is 0 Å². The van der Waals surface area contributed by atoms with Gasteiger partial charge in [0.15, 0.2) is 0 Å². The summed E-state index contributed by atoms with van der Waals surface area (Å²) in [6.07, 6.45) is 61.9. The molecule has 0 aliphatic rings. The summed E-state index contributed by atoms with van der Waals surface area (Å²) in [4.78, 5) is 22.5. The molecule has 0 radical (unpaired) electrons. The van der Waals surface area contributed by atoms with Crippen LogP contribution in [-0.4, -0.2) is 49.9 Å². The van der Waals surface area contributed by atoms with Crippen LogP contribution in [0.15, 0.2) is 85.1 Å². The molecule has 0 fully saturated rings. The van der Waals surface area contributed by atoms with Crippen LogP contribution >= 0.6 is 7.82 Å². The van der Waals surface area contributed by atoms with Crippen LogP contribution < -0.4 is 5.73 Å². The number of ether oxygens (including phenoxy) is 2. The van der Waals surface area contributed by atoms with Gasteiger partial charge in [-0.15, -0.1) is 0 Å². The van der Waals surface area contributed by atoms with Gasteiger partial charge in [-0.25, -0.2) is 4.57 Å². The first kappa shape index (κ1) is 57.7. The molecule has 0 heterocycles. The quantitative estimate of drug-likeness (QED) is 0.0269. The van der Waals surface area contributed by atoms with E-state index in [4.69, 9.17) is 24.3 Å². The molecule has 0 bridgehead atoms. The lowest BCUT2D eigenvalue weighted by Gasteiger charge is -2.20. The first-order valence-corrected chi connectivity index (χ1v) is 25.6. The van der Waals surface area contributed by atoms with Crippen molar-refractivity contribution in [2.45, 2.75) is 200 Å². The molecule has 2 atom stereocenters. The van der Waals surface area contributed by atoms with Crippen molar-refractivity contribution in [3.05, 3.63) is 85.1 Å². The number of unbranched alkanes of at least 4 members (excludes halogenated alkanes) is 18. The van der Waals surface area contributed by atoms with Crippen LogP contribution in [0.5, 0.6) is 0 Å². The summed E-state index contributed by atoms with van der Waals surface area (Å²) in [5.41, 5.74) is 5.38. The van der Waals surface area contributed by atoms with Gasteiger partial charge in [-0.1, -0.05) is 189 Å². The molecule has 0 amide bonds. The van der Waals surface area contributed by atoms with E-state index in [9.17, 15) is 14.3 Å². The van der Waals surface area contributed by atoms with Gasteiger partial charge < -0.3 is 20.1 Å². The molecule has 346 valence electrons. The Hall–Kier alpha value is -2.32. The summed E-state index contributed by atoms with van der Waals surface area (Å²) in [6.45, 7) is 4.67. The molecule has 0 aliphatic heterocycles. The second-order valence-corrected chi connectivity index (χ2v) is 17.0. The van der Waals surface area contributed by atoms with Crippen molar-refractivity contribution < 1.29 is 32.8 Å². The van der Waals surface area contributed by atoms with Crippen molar-refractivity contribution in [2.24, 2.45) is 5.73 Å². The molecule has 0 rings (SSSR count). The molecule has 0 aliphatic carbocycles. The van der Waals surface area contributed by atoms with Crippen LogP contribution in [-0.2, 0) is 27.9 Å². The number of hydrogen-bond donors (Lipinski definition) is 2. The Morgan fingerprint density at radius 2 is 0.883 bits per heavy atom. The number of hydrogen-bond acceptors (Lipinski definition) is 7. The molecule has 0 aromatic carbocycles. The number of esters is 1. The van der Waals surface area contributed by atoms with Gasteiger partial charge in [0.25, 0.3) is 0 Å². The lowest BCUT2D eigenvalue weighted by atomic mass is 10.0. The van der Waals surface area contributed by atoms with Gasteiger partial charge in [0.05, 0.1) is 19.8 Å². The molecule has 2 unspecified atom stereocenters. The topological polar surface area (TPSA) is 117 Å². The van der Waals surface area contributed by atoms with Crippen LogP contribution in [0, 0.1) is 0 Å². The van der Waals surface area contributed by atoms with Crippen molar-refractivity contribution in [3.8, 4) is 0 Å². The molecule has 0 spiro atoms. The highest BCUT2D eigenvalue weighted by Crippen LogP contribution is 2.43. The third kappa shape index (κ3) is 46.7. The normalized spacial score (nSPS) is 14.1. The van der Waals surface area contributed by atoms with Crippen LogP contribution in [0.1, 0.15) is 194 Å². The minimum Gasteiger partial charge on any atom is -0.457 e. The van der Waals surface area contributed by atoms with Crippen molar-refractivity contribution in [1.29, 1.82) is 0 Å². The molecule has 60 heavy (non-hydrogen) atoms. The number of carbonyl (C=O) groups is 1.